The summed E-state index contributed by atoms with van der Waals surface area (Å²) in [6.07, 6.45) is 6.04. The van der Waals surface area contributed by atoms with Crippen molar-refractivity contribution >= 4 is 35.5 Å². The number of carboxylic acid groups (broad SMARTS) is 1. The molecule has 10 nitrogen and oxygen atoms in total. The molecule has 33 heavy (non-hydrogen) atoms. The fraction of sp³-hybridized carbons (Fsp3) is 0.818. The SMILES string of the molecule is CCC(C)C(NC(=O)C1CCCN1)C(=O)NC(CCCCN)C(=O)NC(CCSC)C(=O)O. The third-order valence-corrected chi connectivity index (χ3v) is 6.62. The number of hydrogen-bond donors (Lipinski definition) is 6. The molecule has 11 heteroatoms. The Morgan fingerprint density at radius 3 is 2.33 bits per heavy atom. The van der Waals surface area contributed by atoms with Gasteiger partial charge < -0.3 is 32.1 Å². The first-order valence-corrected chi connectivity index (χ1v) is 13.2. The van der Waals surface area contributed by atoms with Gasteiger partial charge in [-0.1, -0.05) is 20.3 Å². The molecule has 1 rings (SSSR count). The maximum absolute atomic E-state index is 13.2. The number of hydrogen-bond acceptors (Lipinski definition) is 7. The normalized spacial score (nSPS) is 19.2. The van der Waals surface area contributed by atoms with Crippen LogP contribution in [0.25, 0.3) is 0 Å². The van der Waals surface area contributed by atoms with Crippen LogP contribution in [0.5, 0.6) is 0 Å². The molecule has 1 fully saturated rings. The average molecular weight is 488 g/mol. The van der Waals surface area contributed by atoms with Crippen LogP contribution in [0.15, 0.2) is 0 Å². The van der Waals surface area contributed by atoms with Gasteiger partial charge in [-0.2, -0.15) is 11.8 Å². The van der Waals surface area contributed by atoms with Crippen molar-refractivity contribution in [3.63, 3.8) is 0 Å². The van der Waals surface area contributed by atoms with Gasteiger partial charge in [0.25, 0.3) is 0 Å². The molecule has 0 radical (unpaired) electrons. The molecule has 0 aliphatic carbocycles. The number of aliphatic carboxylic acids is 1. The van der Waals surface area contributed by atoms with Crippen LogP contribution >= 0.6 is 11.8 Å². The van der Waals surface area contributed by atoms with Crippen molar-refractivity contribution in [3.05, 3.63) is 0 Å². The minimum Gasteiger partial charge on any atom is -0.480 e. The summed E-state index contributed by atoms with van der Waals surface area (Å²) in [7, 11) is 0. The zero-order chi connectivity index (χ0) is 24.8. The standard InChI is InChI=1S/C22H41N5O5S/c1-4-14(2)18(27-19(28)15-9-7-12-24-15)21(30)25-16(8-5-6-11-23)20(29)26-17(22(31)32)10-13-33-3/h14-18,24H,4-13,23H2,1-3H3,(H,25,30)(H,26,29)(H,27,28)(H,31,32). The first kappa shape index (κ1) is 29.2. The molecule has 0 aromatic heterocycles. The molecule has 0 aromatic carbocycles. The van der Waals surface area contributed by atoms with Crippen LogP contribution in [-0.4, -0.2) is 78.1 Å². The summed E-state index contributed by atoms with van der Waals surface area (Å²) in [5.41, 5.74) is 5.57. The Morgan fingerprint density at radius 2 is 1.79 bits per heavy atom. The van der Waals surface area contributed by atoms with Gasteiger partial charge in [-0.05, 0) is 69.5 Å². The zero-order valence-corrected chi connectivity index (χ0v) is 20.8. The Balaban J connectivity index is 2.91. The molecule has 1 heterocycles. The molecule has 5 atom stereocenters. The van der Waals surface area contributed by atoms with Gasteiger partial charge in [-0.3, -0.25) is 14.4 Å². The van der Waals surface area contributed by atoms with Crippen LogP contribution in [0.4, 0.5) is 0 Å². The van der Waals surface area contributed by atoms with Crippen molar-refractivity contribution in [2.24, 2.45) is 11.7 Å². The van der Waals surface area contributed by atoms with E-state index in [1.807, 2.05) is 20.1 Å². The van der Waals surface area contributed by atoms with Gasteiger partial charge in [0.1, 0.15) is 18.1 Å². The quantitative estimate of drug-likeness (QED) is 0.168. The van der Waals surface area contributed by atoms with E-state index in [0.29, 0.717) is 38.0 Å². The number of thioether (sulfide) groups is 1. The van der Waals surface area contributed by atoms with Crippen molar-refractivity contribution in [1.29, 1.82) is 0 Å². The molecule has 0 saturated carbocycles. The Kier molecular flexibility index (Phi) is 14.1. The summed E-state index contributed by atoms with van der Waals surface area (Å²) in [5, 5.41) is 20.7. The molecule has 1 saturated heterocycles. The maximum atomic E-state index is 13.2. The average Bonchev–Trinajstić information content (AvgIpc) is 3.33. The molecule has 1 aliphatic rings. The number of nitrogens with two attached hydrogens (primary N) is 1. The van der Waals surface area contributed by atoms with Gasteiger partial charge in [0.05, 0.1) is 6.04 Å². The molecule has 5 unspecified atom stereocenters. The van der Waals surface area contributed by atoms with E-state index in [2.05, 4.69) is 21.3 Å². The van der Waals surface area contributed by atoms with E-state index >= 15 is 0 Å². The van der Waals surface area contributed by atoms with E-state index in [0.717, 1.165) is 19.4 Å². The Labute approximate surface area is 200 Å². The lowest BCUT2D eigenvalue weighted by Crippen LogP contribution is -2.58. The minimum absolute atomic E-state index is 0.142. The predicted molar refractivity (Wildman–Crippen MR) is 130 cm³/mol. The molecular weight excluding hydrogens is 446 g/mol. The molecular formula is C22H41N5O5S. The highest BCUT2D eigenvalue weighted by atomic mass is 32.2. The monoisotopic (exact) mass is 487 g/mol. The molecule has 0 bridgehead atoms. The van der Waals surface area contributed by atoms with E-state index in [-0.39, 0.29) is 24.3 Å². The second-order valence-corrected chi connectivity index (χ2v) is 9.53. The highest BCUT2D eigenvalue weighted by Gasteiger charge is 2.33. The third-order valence-electron chi connectivity index (χ3n) is 5.98. The number of unbranched alkanes of at least 4 members (excludes halogenated alkanes) is 1. The van der Waals surface area contributed by atoms with E-state index < -0.39 is 35.9 Å². The summed E-state index contributed by atoms with van der Waals surface area (Å²) in [4.78, 5) is 50.2. The zero-order valence-electron chi connectivity index (χ0n) is 20.0. The Bertz CT molecular complexity index is 645. The van der Waals surface area contributed by atoms with Crippen LogP contribution in [-0.2, 0) is 19.2 Å². The predicted octanol–water partition coefficient (Wildman–Crippen LogP) is 0.206. The summed E-state index contributed by atoms with van der Waals surface area (Å²) in [5.74, 6) is -1.88. The summed E-state index contributed by atoms with van der Waals surface area (Å²) in [6, 6.07) is -3.05. The van der Waals surface area contributed by atoms with Crippen molar-refractivity contribution in [2.45, 2.75) is 83.0 Å². The van der Waals surface area contributed by atoms with Gasteiger partial charge in [-0.25, -0.2) is 4.79 Å². The smallest absolute Gasteiger partial charge is 0.326 e. The van der Waals surface area contributed by atoms with E-state index in [9.17, 15) is 24.3 Å². The molecule has 0 aromatic rings. The van der Waals surface area contributed by atoms with Crippen LogP contribution in [0.2, 0.25) is 0 Å². The number of carbonyl (C=O) groups excluding carboxylic acids is 3. The van der Waals surface area contributed by atoms with Crippen LogP contribution in [0.1, 0.15) is 58.8 Å². The van der Waals surface area contributed by atoms with Crippen LogP contribution < -0.4 is 27.0 Å². The summed E-state index contributed by atoms with van der Waals surface area (Å²) in [6.45, 7) is 5.02. The van der Waals surface area contributed by atoms with Gasteiger partial charge >= 0.3 is 5.97 Å². The van der Waals surface area contributed by atoms with Crippen molar-refractivity contribution in [1.82, 2.24) is 21.3 Å². The van der Waals surface area contributed by atoms with E-state index in [4.69, 9.17) is 5.73 Å². The molecule has 1 aliphatic heterocycles. The van der Waals surface area contributed by atoms with Gasteiger partial charge in [-0.15, -0.1) is 0 Å². The van der Waals surface area contributed by atoms with Crippen molar-refractivity contribution in [3.8, 4) is 0 Å². The number of carboxylic acids is 1. The first-order chi connectivity index (χ1) is 15.7. The second kappa shape index (κ2) is 15.9. The molecule has 3 amide bonds. The number of carbonyl (C=O) groups is 4. The van der Waals surface area contributed by atoms with Gasteiger partial charge in [0, 0.05) is 0 Å². The highest BCUT2D eigenvalue weighted by molar-refractivity contribution is 7.98. The van der Waals surface area contributed by atoms with E-state index in [1.165, 1.54) is 11.8 Å². The molecule has 7 N–H and O–H groups in total. The lowest BCUT2D eigenvalue weighted by molar-refractivity contribution is -0.142. The van der Waals surface area contributed by atoms with Crippen molar-refractivity contribution in [2.75, 3.05) is 25.1 Å². The van der Waals surface area contributed by atoms with Gasteiger partial charge in [0.15, 0.2) is 0 Å². The molecule has 190 valence electrons. The summed E-state index contributed by atoms with van der Waals surface area (Å²) >= 11 is 1.49. The lowest BCUT2D eigenvalue weighted by atomic mass is 9.97. The highest BCUT2D eigenvalue weighted by Crippen LogP contribution is 2.12. The van der Waals surface area contributed by atoms with Gasteiger partial charge in [0.2, 0.25) is 17.7 Å². The first-order valence-electron chi connectivity index (χ1n) is 11.8. The van der Waals surface area contributed by atoms with Crippen molar-refractivity contribution < 1.29 is 24.3 Å². The Hall–Kier alpha value is -1.85. The lowest BCUT2D eigenvalue weighted by Gasteiger charge is -2.28. The largest absolute Gasteiger partial charge is 0.480 e. The topological polar surface area (TPSA) is 163 Å². The fourth-order valence-electron chi connectivity index (χ4n) is 3.65. The number of rotatable bonds is 16. The third kappa shape index (κ3) is 10.3. The van der Waals surface area contributed by atoms with Crippen LogP contribution in [0.3, 0.4) is 0 Å². The molecule has 0 spiro atoms. The van der Waals surface area contributed by atoms with E-state index in [1.54, 1.807) is 0 Å². The summed E-state index contributed by atoms with van der Waals surface area (Å²) < 4.78 is 0. The fourth-order valence-corrected chi connectivity index (χ4v) is 4.12. The second-order valence-electron chi connectivity index (χ2n) is 8.55. The maximum Gasteiger partial charge on any atom is 0.326 e. The Morgan fingerprint density at radius 1 is 1.09 bits per heavy atom. The number of amides is 3. The van der Waals surface area contributed by atoms with Crippen LogP contribution in [0, 0.1) is 5.92 Å². The minimum atomic E-state index is -1.11. The number of nitrogens with one attached hydrogen (secondary N) is 4.